The van der Waals surface area contributed by atoms with Gasteiger partial charge in [0.05, 0.1) is 18.2 Å². The number of benzene rings is 1. The molecule has 1 aromatic rings. The molecule has 2 aliphatic rings. The highest BCUT2D eigenvalue weighted by Crippen LogP contribution is 2.37. The number of nitrogens with zero attached hydrogens (tertiary/aromatic N) is 2. The van der Waals surface area contributed by atoms with Crippen molar-refractivity contribution in [2.45, 2.75) is 116 Å². The number of likely N-dealkylation sites (N-methyl/N-ethyl adjacent to an activating group) is 1. The number of carbonyl (C=O) groups excluding carboxylic acids is 3. The van der Waals surface area contributed by atoms with Crippen LogP contribution in [0.25, 0.3) is 0 Å². The Morgan fingerprint density at radius 1 is 0.881 bits per heavy atom. The van der Waals surface area contributed by atoms with Gasteiger partial charge >= 0.3 is 0 Å². The van der Waals surface area contributed by atoms with Crippen molar-refractivity contribution in [2.24, 2.45) is 23.7 Å². The molecule has 0 aliphatic heterocycles. The maximum Gasteiger partial charge on any atom is 0.241 e. The van der Waals surface area contributed by atoms with Crippen LogP contribution in [0.5, 0.6) is 0 Å². The predicted octanol–water partition coefficient (Wildman–Crippen LogP) is 4.69. The molecule has 3 N–H and O–H groups in total. The summed E-state index contributed by atoms with van der Waals surface area (Å²) in [6.45, 7) is 5.86. The van der Waals surface area contributed by atoms with Gasteiger partial charge < -0.3 is 25.3 Å². The molecule has 2 saturated carbocycles. The van der Waals surface area contributed by atoms with Crippen LogP contribution in [0.1, 0.15) is 103 Å². The number of hydrogen-bond donors (Lipinski definition) is 3. The lowest BCUT2D eigenvalue weighted by Gasteiger charge is -2.34. The summed E-state index contributed by atoms with van der Waals surface area (Å²) in [7, 11) is 3.35. The highest BCUT2D eigenvalue weighted by Gasteiger charge is 2.37. The summed E-state index contributed by atoms with van der Waals surface area (Å²) in [6.07, 6.45) is 7.42. The van der Waals surface area contributed by atoms with Crippen molar-refractivity contribution >= 4 is 17.7 Å². The maximum absolute atomic E-state index is 13.9. The minimum Gasteiger partial charge on any atom is -0.390 e. The van der Waals surface area contributed by atoms with Crippen LogP contribution in [0.4, 0.5) is 0 Å². The standard InChI is InChI=1S/C34H55N3O5/c1-23(2)18-30(38)33(41)29(20-25-12-8-6-9-13-25)35-34(42)28(19-26-16-17-26)21-31(39)37(22-32(40)36(4)5)24(3)27-14-10-7-11-15-27/h7,10-11,14-15,23-26,28-30,33,38,41H,6,8-9,12-13,16-22H2,1-5H3,(H,35,42)/t24-,28-,29+,30+,33-/m1/s1. The van der Waals surface area contributed by atoms with Crippen molar-refractivity contribution in [2.75, 3.05) is 20.6 Å². The molecule has 2 aliphatic carbocycles. The van der Waals surface area contributed by atoms with Gasteiger partial charge in [0, 0.05) is 26.4 Å². The molecular weight excluding hydrogens is 530 g/mol. The largest absolute Gasteiger partial charge is 0.390 e. The summed E-state index contributed by atoms with van der Waals surface area (Å²) in [5.74, 6) is -0.191. The highest BCUT2D eigenvalue weighted by atomic mass is 16.3. The summed E-state index contributed by atoms with van der Waals surface area (Å²) in [6, 6.07) is 8.73. The third-order valence-electron chi connectivity index (χ3n) is 9.14. The minimum absolute atomic E-state index is 0.000999. The van der Waals surface area contributed by atoms with Gasteiger partial charge in [0.15, 0.2) is 0 Å². The van der Waals surface area contributed by atoms with E-state index in [0.717, 1.165) is 44.1 Å². The predicted molar refractivity (Wildman–Crippen MR) is 165 cm³/mol. The average Bonchev–Trinajstić information content (AvgIpc) is 3.79. The van der Waals surface area contributed by atoms with E-state index in [9.17, 15) is 24.6 Å². The molecule has 5 atom stereocenters. The fourth-order valence-electron chi connectivity index (χ4n) is 6.26. The lowest BCUT2D eigenvalue weighted by molar-refractivity contribution is -0.143. The molecule has 0 saturated heterocycles. The van der Waals surface area contributed by atoms with E-state index in [1.54, 1.807) is 19.0 Å². The van der Waals surface area contributed by atoms with Gasteiger partial charge in [-0.25, -0.2) is 0 Å². The van der Waals surface area contributed by atoms with Gasteiger partial charge in [-0.15, -0.1) is 0 Å². The third-order valence-corrected chi connectivity index (χ3v) is 9.14. The first-order chi connectivity index (χ1) is 20.0. The third kappa shape index (κ3) is 10.7. The van der Waals surface area contributed by atoms with Crippen molar-refractivity contribution < 1.29 is 24.6 Å². The quantitative estimate of drug-likeness (QED) is 0.261. The number of aliphatic hydroxyl groups excluding tert-OH is 2. The highest BCUT2D eigenvalue weighted by molar-refractivity contribution is 5.89. The SMILES string of the molecule is CC(C)C[C@H](O)[C@H](O)[C@H](CC1CCCCC1)NC(=O)[C@@H](CC(=O)N(CC(=O)N(C)C)[C@H](C)c1ccccc1)CC1CC1. The molecule has 0 unspecified atom stereocenters. The van der Waals surface area contributed by atoms with Gasteiger partial charge in [0.1, 0.15) is 12.6 Å². The molecule has 0 bridgehead atoms. The zero-order valence-corrected chi connectivity index (χ0v) is 26.5. The number of carbonyl (C=O) groups is 3. The Balaban J connectivity index is 1.79. The molecule has 3 rings (SSSR count). The zero-order chi connectivity index (χ0) is 30.8. The molecule has 0 spiro atoms. The molecule has 42 heavy (non-hydrogen) atoms. The molecule has 0 heterocycles. The minimum atomic E-state index is -1.07. The number of aliphatic hydroxyl groups is 2. The van der Waals surface area contributed by atoms with Crippen molar-refractivity contribution in [3.63, 3.8) is 0 Å². The Bertz CT molecular complexity index is 990. The second-order valence-corrected chi connectivity index (χ2v) is 13.5. The van der Waals surface area contributed by atoms with Crippen LogP contribution in [0.15, 0.2) is 30.3 Å². The monoisotopic (exact) mass is 585 g/mol. The van der Waals surface area contributed by atoms with Crippen molar-refractivity contribution in [1.29, 1.82) is 0 Å². The van der Waals surface area contributed by atoms with Crippen LogP contribution >= 0.6 is 0 Å². The first kappa shape index (κ1) is 34.0. The second kappa shape index (κ2) is 16.4. The summed E-state index contributed by atoms with van der Waals surface area (Å²) >= 11 is 0. The average molecular weight is 586 g/mol. The van der Waals surface area contributed by atoms with Crippen molar-refractivity contribution in [1.82, 2.24) is 15.1 Å². The van der Waals surface area contributed by atoms with E-state index < -0.39 is 24.2 Å². The van der Waals surface area contributed by atoms with Gasteiger partial charge in [-0.1, -0.05) is 89.1 Å². The van der Waals surface area contributed by atoms with Crippen LogP contribution in [-0.2, 0) is 14.4 Å². The van der Waals surface area contributed by atoms with Crippen LogP contribution in [0.2, 0.25) is 0 Å². The van der Waals surface area contributed by atoms with Crippen molar-refractivity contribution in [3.8, 4) is 0 Å². The first-order valence-corrected chi connectivity index (χ1v) is 16.2. The Morgan fingerprint density at radius 2 is 1.50 bits per heavy atom. The summed E-state index contributed by atoms with van der Waals surface area (Å²) < 4.78 is 0. The fourth-order valence-corrected chi connectivity index (χ4v) is 6.26. The number of nitrogens with one attached hydrogen (secondary N) is 1. The Morgan fingerprint density at radius 3 is 2.07 bits per heavy atom. The molecule has 8 nitrogen and oxygen atoms in total. The molecule has 8 heteroatoms. The van der Waals surface area contributed by atoms with Crippen LogP contribution in [0, 0.1) is 23.7 Å². The maximum atomic E-state index is 13.9. The molecular formula is C34H55N3O5. The smallest absolute Gasteiger partial charge is 0.241 e. The van der Waals surface area contributed by atoms with Crippen LogP contribution in [-0.4, -0.2) is 76.6 Å². The number of amides is 3. The lowest BCUT2D eigenvalue weighted by atomic mass is 9.82. The van der Waals surface area contributed by atoms with E-state index in [0.29, 0.717) is 31.1 Å². The van der Waals surface area contributed by atoms with Gasteiger partial charge in [-0.05, 0) is 49.5 Å². The van der Waals surface area contributed by atoms with Crippen molar-refractivity contribution in [3.05, 3.63) is 35.9 Å². The lowest BCUT2D eigenvalue weighted by Crippen LogP contribution is -2.52. The van der Waals surface area contributed by atoms with E-state index in [1.165, 1.54) is 11.3 Å². The Hall–Kier alpha value is -2.45. The Kier molecular flexibility index (Phi) is 13.3. The molecule has 0 aromatic heterocycles. The van der Waals surface area contributed by atoms with E-state index in [1.807, 2.05) is 51.1 Å². The molecule has 236 valence electrons. The second-order valence-electron chi connectivity index (χ2n) is 13.5. The molecule has 0 radical (unpaired) electrons. The molecule has 2 fully saturated rings. The summed E-state index contributed by atoms with van der Waals surface area (Å²) in [5, 5.41) is 25.2. The van der Waals surface area contributed by atoms with E-state index in [-0.39, 0.29) is 42.6 Å². The van der Waals surface area contributed by atoms with Gasteiger partial charge in [0.25, 0.3) is 0 Å². The normalized spacial score (nSPS) is 19.4. The van der Waals surface area contributed by atoms with E-state index >= 15 is 0 Å². The van der Waals surface area contributed by atoms with Gasteiger partial charge in [-0.2, -0.15) is 0 Å². The summed E-state index contributed by atoms with van der Waals surface area (Å²) in [4.78, 5) is 43.6. The number of hydrogen-bond acceptors (Lipinski definition) is 5. The summed E-state index contributed by atoms with van der Waals surface area (Å²) in [5.41, 5.74) is 0.926. The van der Waals surface area contributed by atoms with Crippen LogP contribution in [0.3, 0.4) is 0 Å². The van der Waals surface area contributed by atoms with Crippen LogP contribution < -0.4 is 5.32 Å². The molecule has 1 aromatic carbocycles. The number of rotatable bonds is 16. The molecule has 3 amide bonds. The van der Waals surface area contributed by atoms with E-state index in [2.05, 4.69) is 5.32 Å². The fraction of sp³-hybridized carbons (Fsp3) is 0.735. The van der Waals surface area contributed by atoms with Gasteiger partial charge in [-0.3, -0.25) is 14.4 Å². The first-order valence-electron chi connectivity index (χ1n) is 16.2. The van der Waals surface area contributed by atoms with Gasteiger partial charge in [0.2, 0.25) is 17.7 Å². The zero-order valence-electron chi connectivity index (χ0n) is 26.5. The topological polar surface area (TPSA) is 110 Å². The van der Waals surface area contributed by atoms with E-state index in [4.69, 9.17) is 0 Å². The Labute approximate surface area is 253 Å².